The number of benzene rings is 1. The molecule has 1 heterocycles. The average molecular weight is 303 g/mol. The van der Waals surface area contributed by atoms with Crippen molar-refractivity contribution in [3.63, 3.8) is 0 Å². The highest BCUT2D eigenvalue weighted by Gasteiger charge is 2.15. The van der Waals surface area contributed by atoms with E-state index in [1.807, 2.05) is 45.0 Å². The Morgan fingerprint density at radius 2 is 2.05 bits per heavy atom. The molecule has 2 N–H and O–H groups in total. The summed E-state index contributed by atoms with van der Waals surface area (Å²) >= 11 is 0. The van der Waals surface area contributed by atoms with Crippen molar-refractivity contribution in [1.82, 2.24) is 20.1 Å². The molecule has 22 heavy (non-hydrogen) atoms. The summed E-state index contributed by atoms with van der Waals surface area (Å²) in [4.78, 5) is 15.5. The van der Waals surface area contributed by atoms with Gasteiger partial charge >= 0.3 is 6.09 Å². The largest absolute Gasteiger partial charge is 0.444 e. The van der Waals surface area contributed by atoms with Crippen molar-refractivity contribution >= 4 is 11.8 Å². The molecule has 2 rings (SSSR count). The van der Waals surface area contributed by atoms with E-state index >= 15 is 0 Å². The summed E-state index contributed by atoms with van der Waals surface area (Å²) in [5.74, 6) is 0. The lowest BCUT2D eigenvalue weighted by molar-refractivity contribution is 0.0530. The zero-order valence-electron chi connectivity index (χ0n) is 13.0. The van der Waals surface area contributed by atoms with Crippen molar-refractivity contribution in [2.75, 3.05) is 18.4 Å². The fraction of sp³-hybridized carbons (Fsp3) is 0.400. The third-order valence-electron chi connectivity index (χ3n) is 2.68. The van der Waals surface area contributed by atoms with Gasteiger partial charge in [-0.3, -0.25) is 0 Å². The van der Waals surface area contributed by atoms with Gasteiger partial charge < -0.3 is 15.4 Å². The van der Waals surface area contributed by atoms with Crippen molar-refractivity contribution in [2.45, 2.75) is 26.4 Å². The van der Waals surface area contributed by atoms with Crippen LogP contribution in [0, 0.1) is 0 Å². The van der Waals surface area contributed by atoms with Gasteiger partial charge in [0.25, 0.3) is 0 Å². The van der Waals surface area contributed by atoms with E-state index in [1.54, 1.807) is 11.0 Å². The number of alkyl carbamates (subject to hydrolysis) is 1. The third kappa shape index (κ3) is 4.76. The highest BCUT2D eigenvalue weighted by Crippen LogP contribution is 2.17. The molecular weight excluding hydrogens is 282 g/mol. The number of carbonyl (C=O) groups is 1. The summed E-state index contributed by atoms with van der Waals surface area (Å²) in [5.41, 5.74) is 1.33. The lowest BCUT2D eigenvalue weighted by Crippen LogP contribution is -2.35. The Hall–Kier alpha value is -2.57. The number of aromatic nitrogens is 3. The van der Waals surface area contributed by atoms with E-state index in [4.69, 9.17) is 4.74 Å². The lowest BCUT2D eigenvalue weighted by atomic mass is 10.2. The summed E-state index contributed by atoms with van der Waals surface area (Å²) in [6.07, 6.45) is 2.71. The quantitative estimate of drug-likeness (QED) is 0.828. The average Bonchev–Trinajstić information content (AvgIpc) is 2.96. The third-order valence-corrected chi connectivity index (χ3v) is 2.68. The molecule has 0 bridgehead atoms. The SMILES string of the molecule is CC(C)(C)OC(=O)NCCNc1ccccc1-n1cncn1. The van der Waals surface area contributed by atoms with Crippen molar-refractivity contribution in [1.29, 1.82) is 0 Å². The van der Waals surface area contributed by atoms with Gasteiger partial charge in [-0.1, -0.05) is 12.1 Å². The molecule has 2 aromatic rings. The van der Waals surface area contributed by atoms with Crippen LogP contribution in [0.15, 0.2) is 36.9 Å². The van der Waals surface area contributed by atoms with E-state index in [1.165, 1.54) is 6.33 Å². The maximum atomic E-state index is 11.5. The van der Waals surface area contributed by atoms with Crippen molar-refractivity contribution in [3.05, 3.63) is 36.9 Å². The van der Waals surface area contributed by atoms with E-state index in [0.29, 0.717) is 13.1 Å². The summed E-state index contributed by atoms with van der Waals surface area (Å²) in [6.45, 7) is 6.53. The number of para-hydroxylation sites is 2. The maximum absolute atomic E-state index is 11.5. The van der Waals surface area contributed by atoms with Gasteiger partial charge in [-0.25, -0.2) is 14.5 Å². The van der Waals surface area contributed by atoms with Crippen LogP contribution in [0.1, 0.15) is 20.8 Å². The van der Waals surface area contributed by atoms with Gasteiger partial charge in [0.05, 0.1) is 11.4 Å². The number of rotatable bonds is 5. The highest BCUT2D eigenvalue weighted by atomic mass is 16.6. The minimum atomic E-state index is -0.489. The molecule has 0 unspecified atom stereocenters. The van der Waals surface area contributed by atoms with E-state index in [-0.39, 0.29) is 0 Å². The van der Waals surface area contributed by atoms with E-state index in [0.717, 1.165) is 11.4 Å². The summed E-state index contributed by atoms with van der Waals surface area (Å²) in [5, 5.41) is 10.1. The summed E-state index contributed by atoms with van der Waals surface area (Å²) in [6, 6.07) is 7.76. The number of nitrogens with zero attached hydrogens (tertiary/aromatic N) is 3. The van der Waals surface area contributed by atoms with Crippen LogP contribution in [-0.2, 0) is 4.74 Å². The molecule has 7 nitrogen and oxygen atoms in total. The molecule has 0 fully saturated rings. The number of hydrogen-bond acceptors (Lipinski definition) is 5. The van der Waals surface area contributed by atoms with Gasteiger partial charge in [0.15, 0.2) is 0 Å². The first-order chi connectivity index (χ1) is 10.5. The first-order valence-electron chi connectivity index (χ1n) is 7.10. The number of nitrogens with one attached hydrogen (secondary N) is 2. The Bertz CT molecular complexity index is 605. The van der Waals surface area contributed by atoms with Crippen LogP contribution in [0.3, 0.4) is 0 Å². The van der Waals surface area contributed by atoms with Gasteiger partial charge in [-0.05, 0) is 32.9 Å². The first-order valence-corrected chi connectivity index (χ1v) is 7.10. The fourth-order valence-corrected chi connectivity index (χ4v) is 1.83. The lowest BCUT2D eigenvalue weighted by Gasteiger charge is -2.19. The second kappa shape index (κ2) is 6.93. The predicted octanol–water partition coefficient (Wildman–Crippen LogP) is 2.20. The number of hydrogen-bond donors (Lipinski definition) is 2. The summed E-state index contributed by atoms with van der Waals surface area (Å²) < 4.78 is 6.86. The molecule has 7 heteroatoms. The van der Waals surface area contributed by atoms with Gasteiger partial charge in [0.1, 0.15) is 18.3 Å². The van der Waals surface area contributed by atoms with Crippen LogP contribution >= 0.6 is 0 Å². The molecule has 0 aliphatic carbocycles. The predicted molar refractivity (Wildman–Crippen MR) is 84.1 cm³/mol. The first kappa shape index (κ1) is 15.8. The minimum absolute atomic E-state index is 0.418. The van der Waals surface area contributed by atoms with Crippen LogP contribution in [0.4, 0.5) is 10.5 Å². The van der Waals surface area contributed by atoms with Crippen LogP contribution in [0.5, 0.6) is 0 Å². The highest BCUT2D eigenvalue weighted by molar-refractivity contribution is 5.67. The van der Waals surface area contributed by atoms with Crippen LogP contribution < -0.4 is 10.6 Å². The Morgan fingerprint density at radius 3 is 2.73 bits per heavy atom. The minimum Gasteiger partial charge on any atom is -0.444 e. The van der Waals surface area contributed by atoms with Gasteiger partial charge in [0, 0.05) is 13.1 Å². The normalized spacial score (nSPS) is 11.0. The zero-order chi connectivity index (χ0) is 16.0. The van der Waals surface area contributed by atoms with Gasteiger partial charge in [0.2, 0.25) is 0 Å². The molecule has 1 aromatic heterocycles. The molecule has 0 aliphatic heterocycles. The number of anilines is 1. The second-order valence-corrected chi connectivity index (χ2v) is 5.71. The molecular formula is C15H21N5O2. The summed E-state index contributed by atoms with van der Waals surface area (Å²) in [7, 11) is 0. The molecule has 0 atom stereocenters. The maximum Gasteiger partial charge on any atom is 0.407 e. The van der Waals surface area contributed by atoms with E-state index in [2.05, 4.69) is 20.7 Å². The topological polar surface area (TPSA) is 81.1 Å². The molecule has 0 aliphatic rings. The standard InChI is InChI=1S/C15H21N5O2/c1-15(2,3)22-14(21)18-9-8-17-12-6-4-5-7-13(12)20-11-16-10-19-20/h4-7,10-11,17H,8-9H2,1-3H3,(H,18,21). The molecule has 0 saturated carbocycles. The molecule has 0 radical (unpaired) electrons. The fourth-order valence-electron chi connectivity index (χ4n) is 1.83. The number of carbonyl (C=O) groups excluding carboxylic acids is 1. The van der Waals surface area contributed by atoms with E-state index < -0.39 is 11.7 Å². The van der Waals surface area contributed by atoms with Crippen molar-refractivity contribution < 1.29 is 9.53 Å². The Labute approximate surface area is 129 Å². The monoisotopic (exact) mass is 303 g/mol. The Balaban J connectivity index is 1.84. The van der Waals surface area contributed by atoms with E-state index in [9.17, 15) is 4.79 Å². The van der Waals surface area contributed by atoms with Crippen molar-refractivity contribution in [3.8, 4) is 5.69 Å². The Kier molecular flexibility index (Phi) is 4.98. The Morgan fingerprint density at radius 1 is 1.27 bits per heavy atom. The number of amides is 1. The van der Waals surface area contributed by atoms with Gasteiger partial charge in [-0.2, -0.15) is 5.10 Å². The van der Waals surface area contributed by atoms with Crippen LogP contribution in [-0.4, -0.2) is 39.5 Å². The zero-order valence-corrected chi connectivity index (χ0v) is 13.0. The smallest absolute Gasteiger partial charge is 0.407 e. The van der Waals surface area contributed by atoms with Crippen LogP contribution in [0.25, 0.3) is 5.69 Å². The van der Waals surface area contributed by atoms with Gasteiger partial charge in [-0.15, -0.1) is 0 Å². The molecule has 118 valence electrons. The molecule has 1 amide bonds. The molecule has 1 aromatic carbocycles. The van der Waals surface area contributed by atoms with Crippen LogP contribution in [0.2, 0.25) is 0 Å². The second-order valence-electron chi connectivity index (χ2n) is 5.71. The molecule has 0 saturated heterocycles. The number of ether oxygens (including phenoxy) is 1. The molecule has 0 spiro atoms. The van der Waals surface area contributed by atoms with Crippen molar-refractivity contribution in [2.24, 2.45) is 0 Å².